The number of rotatable bonds is 5. The molecular weight excluding hydrogens is 460 g/mol. The number of aromatic nitrogens is 1. The average Bonchev–Trinajstić information content (AvgIpc) is 2.88. The molecule has 1 aromatic carbocycles. The molecule has 0 fully saturated rings. The summed E-state index contributed by atoms with van der Waals surface area (Å²) >= 11 is 0. The Morgan fingerprint density at radius 2 is 1.96 bits per heavy atom. The molecule has 1 heterocycles. The van der Waals surface area contributed by atoms with Crippen LogP contribution in [0.4, 0.5) is 13.2 Å². The van der Waals surface area contributed by atoms with E-state index in [0.29, 0.717) is 30.5 Å². The Morgan fingerprint density at radius 1 is 1.23 bits per heavy atom. The third-order valence-corrected chi connectivity index (χ3v) is 3.50. The summed E-state index contributed by atoms with van der Waals surface area (Å²) in [5.74, 6) is 1.76. The second-order valence-corrected chi connectivity index (χ2v) is 5.50. The molecule has 0 radical (unpaired) electrons. The third-order valence-electron chi connectivity index (χ3n) is 3.50. The Bertz CT molecular complexity index is 724. The number of hydrogen-bond donors (Lipinski definition) is 2. The zero-order valence-electron chi connectivity index (χ0n) is 14.8. The van der Waals surface area contributed by atoms with E-state index >= 15 is 0 Å². The summed E-state index contributed by atoms with van der Waals surface area (Å²) in [5.41, 5.74) is 0.626. The van der Waals surface area contributed by atoms with Gasteiger partial charge in [0.2, 0.25) is 5.89 Å². The van der Waals surface area contributed by atoms with Crippen LogP contribution in [0.2, 0.25) is 0 Å². The zero-order valence-corrected chi connectivity index (χ0v) is 17.1. The lowest BCUT2D eigenvalue weighted by Gasteiger charge is -2.11. The first-order valence-electron chi connectivity index (χ1n) is 7.90. The van der Waals surface area contributed by atoms with Crippen molar-refractivity contribution in [1.29, 1.82) is 0 Å². The summed E-state index contributed by atoms with van der Waals surface area (Å²) in [6.45, 7) is 6.68. The first kappa shape index (κ1) is 22.3. The fourth-order valence-corrected chi connectivity index (χ4v) is 2.13. The van der Waals surface area contributed by atoms with Crippen molar-refractivity contribution in [2.75, 3.05) is 6.54 Å². The number of guanidine groups is 1. The van der Waals surface area contributed by atoms with Crippen LogP contribution in [0.5, 0.6) is 0 Å². The lowest BCUT2D eigenvalue weighted by atomic mass is 10.1. The largest absolute Gasteiger partial charge is 0.444 e. The fraction of sp³-hybridized carbons (Fsp3) is 0.412. The number of alkyl halides is 3. The average molecular weight is 482 g/mol. The molecule has 0 unspecified atom stereocenters. The minimum Gasteiger partial charge on any atom is -0.444 e. The van der Waals surface area contributed by atoms with E-state index in [0.717, 1.165) is 23.6 Å². The Labute approximate surface area is 167 Å². The predicted octanol–water partition coefficient (Wildman–Crippen LogP) is 4.18. The van der Waals surface area contributed by atoms with Gasteiger partial charge in [0.15, 0.2) is 5.96 Å². The van der Waals surface area contributed by atoms with Crippen LogP contribution in [0.3, 0.4) is 0 Å². The van der Waals surface area contributed by atoms with Crippen molar-refractivity contribution in [3.05, 3.63) is 52.7 Å². The van der Waals surface area contributed by atoms with Crippen LogP contribution < -0.4 is 10.6 Å². The standard InChI is InChI=1S/C17H21F3N4O.HI/c1-4-21-16(23-10-15-24-11(2)12(3)25-15)22-9-13-6-5-7-14(8-13)17(18,19)20;/h5-8H,4,9-10H2,1-3H3,(H2,21,22,23);1H. The second-order valence-electron chi connectivity index (χ2n) is 5.50. The molecule has 5 nitrogen and oxygen atoms in total. The van der Waals surface area contributed by atoms with Gasteiger partial charge in [-0.2, -0.15) is 13.2 Å². The minimum atomic E-state index is -4.36. The highest BCUT2D eigenvalue weighted by Crippen LogP contribution is 2.29. The van der Waals surface area contributed by atoms with Gasteiger partial charge in [0, 0.05) is 6.54 Å². The molecule has 26 heavy (non-hydrogen) atoms. The summed E-state index contributed by atoms with van der Waals surface area (Å²) < 4.78 is 43.7. The van der Waals surface area contributed by atoms with Crippen LogP contribution in [0.1, 0.15) is 35.4 Å². The van der Waals surface area contributed by atoms with E-state index in [-0.39, 0.29) is 30.5 Å². The summed E-state index contributed by atoms with van der Waals surface area (Å²) in [6, 6.07) is 5.15. The van der Waals surface area contributed by atoms with Gasteiger partial charge in [-0.1, -0.05) is 12.1 Å². The summed E-state index contributed by atoms with van der Waals surface area (Å²) in [6.07, 6.45) is -4.36. The van der Waals surface area contributed by atoms with Crippen LogP contribution in [0, 0.1) is 13.8 Å². The van der Waals surface area contributed by atoms with Crippen molar-refractivity contribution in [3.8, 4) is 0 Å². The molecule has 2 N–H and O–H groups in total. The van der Waals surface area contributed by atoms with E-state index in [1.165, 1.54) is 6.07 Å². The molecule has 2 rings (SSSR count). The van der Waals surface area contributed by atoms with Gasteiger partial charge < -0.3 is 15.1 Å². The minimum absolute atomic E-state index is 0. The quantitative estimate of drug-likeness (QED) is 0.382. The van der Waals surface area contributed by atoms with Gasteiger partial charge in [-0.25, -0.2) is 9.98 Å². The fourth-order valence-electron chi connectivity index (χ4n) is 2.13. The smallest absolute Gasteiger partial charge is 0.416 e. The van der Waals surface area contributed by atoms with Crippen LogP contribution in [-0.4, -0.2) is 17.5 Å². The molecule has 2 aromatic rings. The molecule has 9 heteroatoms. The molecular formula is C17H22F3IN4O. The maximum Gasteiger partial charge on any atom is 0.416 e. The highest BCUT2D eigenvalue weighted by Gasteiger charge is 2.30. The molecule has 0 saturated heterocycles. The number of oxazole rings is 1. The van der Waals surface area contributed by atoms with Gasteiger partial charge in [-0.05, 0) is 38.5 Å². The van der Waals surface area contributed by atoms with Crippen LogP contribution in [0.15, 0.2) is 33.7 Å². The zero-order chi connectivity index (χ0) is 18.4. The van der Waals surface area contributed by atoms with Crippen LogP contribution >= 0.6 is 24.0 Å². The SMILES string of the molecule is CCNC(=NCc1cccc(C(F)(F)F)c1)NCc1nc(C)c(C)o1.I. The van der Waals surface area contributed by atoms with E-state index in [4.69, 9.17) is 4.42 Å². The number of aryl methyl sites for hydroxylation is 2. The van der Waals surface area contributed by atoms with E-state index in [2.05, 4.69) is 20.6 Å². The molecule has 0 aliphatic heterocycles. The van der Waals surface area contributed by atoms with E-state index < -0.39 is 11.7 Å². The normalized spacial score (nSPS) is 11.8. The first-order chi connectivity index (χ1) is 11.8. The van der Waals surface area contributed by atoms with Crippen molar-refractivity contribution in [2.24, 2.45) is 4.99 Å². The molecule has 0 amide bonds. The molecule has 0 atom stereocenters. The maximum atomic E-state index is 12.8. The number of halogens is 4. The number of hydrogen-bond acceptors (Lipinski definition) is 3. The lowest BCUT2D eigenvalue weighted by molar-refractivity contribution is -0.137. The number of benzene rings is 1. The first-order valence-corrected chi connectivity index (χ1v) is 7.90. The molecule has 0 aliphatic carbocycles. The van der Waals surface area contributed by atoms with Gasteiger partial charge in [0.25, 0.3) is 0 Å². The van der Waals surface area contributed by atoms with Gasteiger partial charge in [-0.15, -0.1) is 24.0 Å². The van der Waals surface area contributed by atoms with Crippen LogP contribution in [-0.2, 0) is 19.3 Å². The highest BCUT2D eigenvalue weighted by atomic mass is 127. The molecule has 0 spiro atoms. The van der Waals surface area contributed by atoms with Gasteiger partial charge in [0.05, 0.1) is 24.3 Å². The Balaban J connectivity index is 0.00000338. The molecule has 0 saturated carbocycles. The van der Waals surface area contributed by atoms with E-state index in [1.54, 1.807) is 6.07 Å². The third kappa shape index (κ3) is 6.50. The molecule has 1 aromatic heterocycles. The highest BCUT2D eigenvalue weighted by molar-refractivity contribution is 14.0. The molecule has 144 valence electrons. The Morgan fingerprint density at radius 3 is 2.54 bits per heavy atom. The van der Waals surface area contributed by atoms with Crippen molar-refractivity contribution >= 4 is 29.9 Å². The Kier molecular flexibility index (Phi) is 8.38. The topological polar surface area (TPSA) is 62.5 Å². The summed E-state index contributed by atoms with van der Waals surface area (Å²) in [5, 5.41) is 6.09. The lowest BCUT2D eigenvalue weighted by Crippen LogP contribution is -2.36. The van der Waals surface area contributed by atoms with Crippen molar-refractivity contribution < 1.29 is 17.6 Å². The van der Waals surface area contributed by atoms with Crippen molar-refractivity contribution in [1.82, 2.24) is 15.6 Å². The van der Waals surface area contributed by atoms with Crippen LogP contribution in [0.25, 0.3) is 0 Å². The summed E-state index contributed by atoms with van der Waals surface area (Å²) in [7, 11) is 0. The molecule has 0 bridgehead atoms. The van der Waals surface area contributed by atoms with Gasteiger partial charge >= 0.3 is 6.18 Å². The maximum absolute atomic E-state index is 12.8. The van der Waals surface area contributed by atoms with Gasteiger partial charge in [0.1, 0.15) is 5.76 Å². The van der Waals surface area contributed by atoms with E-state index in [1.807, 2.05) is 20.8 Å². The molecule has 0 aliphatic rings. The van der Waals surface area contributed by atoms with Crippen molar-refractivity contribution in [3.63, 3.8) is 0 Å². The number of nitrogens with zero attached hydrogens (tertiary/aromatic N) is 2. The van der Waals surface area contributed by atoms with Gasteiger partial charge in [-0.3, -0.25) is 0 Å². The predicted molar refractivity (Wildman–Crippen MR) is 104 cm³/mol. The van der Waals surface area contributed by atoms with Crippen molar-refractivity contribution in [2.45, 2.75) is 40.0 Å². The monoisotopic (exact) mass is 482 g/mol. The Hall–Kier alpha value is -1.78. The van der Waals surface area contributed by atoms with E-state index in [9.17, 15) is 13.2 Å². The summed E-state index contributed by atoms with van der Waals surface area (Å²) in [4.78, 5) is 8.57. The number of nitrogens with one attached hydrogen (secondary N) is 2. The second kappa shape index (κ2) is 9.79. The number of aliphatic imine (C=N–C) groups is 1.